The maximum atomic E-state index is 12.2. The van der Waals surface area contributed by atoms with Crippen molar-refractivity contribution in [1.82, 2.24) is 10.3 Å². The molecular weight excluding hydrogens is 371 g/mol. The number of halogens is 3. The van der Waals surface area contributed by atoms with Gasteiger partial charge in [-0.15, -0.1) is 23.1 Å². The molecule has 0 aliphatic carbocycles. The first-order valence-corrected chi connectivity index (χ1v) is 9.23. The number of benzene rings is 1. The Balaban J connectivity index is 1.95. The predicted molar refractivity (Wildman–Crippen MR) is 90.6 cm³/mol. The number of thioether (sulfide) groups is 1. The molecule has 0 fully saturated rings. The highest BCUT2D eigenvalue weighted by atomic mass is 32.2. The van der Waals surface area contributed by atoms with Crippen molar-refractivity contribution in [2.75, 3.05) is 6.26 Å². The van der Waals surface area contributed by atoms with Gasteiger partial charge in [0.2, 0.25) is 0 Å². The van der Waals surface area contributed by atoms with Crippen molar-refractivity contribution in [3.05, 3.63) is 45.4 Å². The average molecular weight is 385 g/mol. The second-order valence-electron chi connectivity index (χ2n) is 5.06. The normalized spacial score (nSPS) is 11.2. The van der Waals surface area contributed by atoms with E-state index in [-0.39, 0.29) is 22.9 Å². The van der Waals surface area contributed by atoms with Crippen LogP contribution in [0.3, 0.4) is 0 Å². The second-order valence-corrected chi connectivity index (χ2v) is 7.03. The van der Waals surface area contributed by atoms with Crippen molar-refractivity contribution >= 4 is 29.0 Å². The molecule has 2 rings (SSSR count). The summed E-state index contributed by atoms with van der Waals surface area (Å²) < 4.78 is 36.6. The molecule has 1 amide bonds. The number of nitrogens with one attached hydrogen (secondary N) is 1. The first-order valence-electron chi connectivity index (χ1n) is 7.19. The van der Waals surface area contributed by atoms with E-state index in [1.165, 1.54) is 18.0 Å². The fourth-order valence-corrected chi connectivity index (χ4v) is 3.36. The number of thiazole rings is 1. The molecule has 132 valence electrons. The second kappa shape index (κ2) is 8.36. The highest BCUT2D eigenvalue weighted by Gasteiger charge is 2.27. The summed E-state index contributed by atoms with van der Waals surface area (Å²) in [5.74, 6) is -0.400. The minimum absolute atomic E-state index is 0.220. The van der Waals surface area contributed by atoms with E-state index >= 15 is 0 Å². The molecule has 2 aromatic rings. The molecule has 0 bridgehead atoms. The maximum Gasteiger partial charge on any atom is 0.389 e. The lowest BCUT2D eigenvalue weighted by atomic mass is 10.1. The van der Waals surface area contributed by atoms with Crippen molar-refractivity contribution in [1.29, 1.82) is 5.26 Å². The van der Waals surface area contributed by atoms with E-state index in [0.29, 0.717) is 5.56 Å². The van der Waals surface area contributed by atoms with E-state index in [4.69, 9.17) is 5.26 Å². The molecule has 0 aliphatic heterocycles. The number of aryl methyl sites for hydroxylation is 1. The first-order chi connectivity index (χ1) is 11.8. The Kier molecular flexibility index (Phi) is 6.45. The number of aromatic nitrogens is 1. The van der Waals surface area contributed by atoms with Gasteiger partial charge in [0, 0.05) is 24.3 Å². The number of alkyl halides is 3. The lowest BCUT2D eigenvalue weighted by Crippen LogP contribution is -2.21. The molecule has 0 aliphatic rings. The zero-order valence-corrected chi connectivity index (χ0v) is 14.8. The number of rotatable bonds is 6. The third kappa shape index (κ3) is 5.76. The Bertz CT molecular complexity index is 797. The van der Waals surface area contributed by atoms with Gasteiger partial charge in [0.25, 0.3) is 5.91 Å². The number of hydrogen-bond acceptors (Lipinski definition) is 5. The van der Waals surface area contributed by atoms with Gasteiger partial charge in [0.15, 0.2) is 0 Å². The van der Waals surface area contributed by atoms with Crippen LogP contribution >= 0.6 is 23.1 Å². The first kappa shape index (κ1) is 19.3. The van der Waals surface area contributed by atoms with Gasteiger partial charge in [-0.25, -0.2) is 4.98 Å². The topological polar surface area (TPSA) is 65.8 Å². The van der Waals surface area contributed by atoms with E-state index < -0.39 is 18.5 Å². The number of nitriles is 1. The lowest BCUT2D eigenvalue weighted by Gasteiger charge is -2.06. The van der Waals surface area contributed by atoms with Crippen molar-refractivity contribution in [2.24, 2.45) is 0 Å². The highest BCUT2D eigenvalue weighted by Crippen LogP contribution is 2.24. The lowest BCUT2D eigenvalue weighted by molar-refractivity contribution is -0.134. The van der Waals surface area contributed by atoms with Crippen molar-refractivity contribution in [2.45, 2.75) is 30.5 Å². The summed E-state index contributed by atoms with van der Waals surface area (Å²) in [6.07, 6.45) is -2.28. The van der Waals surface area contributed by atoms with Crippen molar-refractivity contribution < 1.29 is 18.0 Å². The maximum absolute atomic E-state index is 12.2. The van der Waals surface area contributed by atoms with Gasteiger partial charge < -0.3 is 5.32 Å². The van der Waals surface area contributed by atoms with E-state index in [1.807, 2.05) is 18.4 Å². The Morgan fingerprint density at radius 1 is 1.44 bits per heavy atom. The quantitative estimate of drug-likeness (QED) is 0.759. The van der Waals surface area contributed by atoms with Crippen molar-refractivity contribution in [3.63, 3.8) is 0 Å². The summed E-state index contributed by atoms with van der Waals surface area (Å²) in [4.78, 5) is 17.1. The summed E-state index contributed by atoms with van der Waals surface area (Å²) >= 11 is 2.41. The van der Waals surface area contributed by atoms with Crippen LogP contribution in [0.15, 0.2) is 29.3 Å². The van der Waals surface area contributed by atoms with Crippen LogP contribution in [0.5, 0.6) is 0 Å². The summed E-state index contributed by atoms with van der Waals surface area (Å²) in [5.41, 5.74) is 1.30. The molecule has 25 heavy (non-hydrogen) atoms. The molecule has 1 heterocycles. The van der Waals surface area contributed by atoms with Crippen LogP contribution in [0.25, 0.3) is 0 Å². The number of carbonyl (C=O) groups is 1. The molecule has 0 unspecified atom stereocenters. The van der Waals surface area contributed by atoms with Gasteiger partial charge in [-0.05, 0) is 24.0 Å². The standard InChI is InChI=1S/C16H14F3N3OS2/c1-24-12-3-2-10(6-11(12)7-20)8-22-15(23)13-9-21-14(25-13)4-5-16(17,18)19/h2-3,6,9H,4-5,8H2,1H3,(H,22,23). The van der Waals surface area contributed by atoms with Crippen LogP contribution in [-0.2, 0) is 13.0 Å². The Morgan fingerprint density at radius 3 is 2.84 bits per heavy atom. The average Bonchev–Trinajstić information content (AvgIpc) is 3.06. The molecule has 1 aromatic heterocycles. The Hall–Kier alpha value is -2.05. The summed E-state index contributed by atoms with van der Waals surface area (Å²) in [6.45, 7) is 0.220. The zero-order chi connectivity index (χ0) is 18.4. The summed E-state index contributed by atoms with van der Waals surface area (Å²) in [5, 5.41) is 12.1. The van der Waals surface area contributed by atoms with E-state index in [2.05, 4.69) is 16.4 Å². The highest BCUT2D eigenvalue weighted by molar-refractivity contribution is 7.98. The van der Waals surface area contributed by atoms with Crippen LogP contribution in [0, 0.1) is 11.3 Å². The molecule has 0 atom stereocenters. The van der Waals surface area contributed by atoms with Gasteiger partial charge in [-0.2, -0.15) is 18.4 Å². The molecule has 0 radical (unpaired) electrons. The number of amides is 1. The minimum Gasteiger partial charge on any atom is -0.347 e. The molecule has 0 saturated carbocycles. The smallest absolute Gasteiger partial charge is 0.347 e. The van der Waals surface area contributed by atoms with Crippen molar-refractivity contribution in [3.8, 4) is 6.07 Å². The van der Waals surface area contributed by atoms with Crippen LogP contribution in [0.4, 0.5) is 13.2 Å². The van der Waals surface area contributed by atoms with E-state index in [9.17, 15) is 18.0 Å². The van der Waals surface area contributed by atoms with Crippen LogP contribution in [0.2, 0.25) is 0 Å². The van der Waals surface area contributed by atoms with Gasteiger partial charge in [0.05, 0.1) is 16.8 Å². The van der Waals surface area contributed by atoms with Crippen LogP contribution in [-0.4, -0.2) is 23.3 Å². The van der Waals surface area contributed by atoms with Gasteiger partial charge in [0.1, 0.15) is 10.9 Å². The van der Waals surface area contributed by atoms with Gasteiger partial charge >= 0.3 is 6.18 Å². The molecule has 1 N–H and O–H groups in total. The van der Waals surface area contributed by atoms with Gasteiger partial charge in [-0.3, -0.25) is 4.79 Å². The van der Waals surface area contributed by atoms with E-state index in [0.717, 1.165) is 21.8 Å². The third-order valence-electron chi connectivity index (χ3n) is 3.24. The fourth-order valence-electron chi connectivity index (χ4n) is 2.00. The van der Waals surface area contributed by atoms with Gasteiger partial charge in [-0.1, -0.05) is 6.07 Å². The minimum atomic E-state index is -4.24. The molecule has 1 aromatic carbocycles. The number of nitrogens with zero attached hydrogens (tertiary/aromatic N) is 2. The largest absolute Gasteiger partial charge is 0.389 e. The molecule has 0 saturated heterocycles. The molecular formula is C16H14F3N3OS2. The monoisotopic (exact) mass is 385 g/mol. The van der Waals surface area contributed by atoms with Crippen LogP contribution in [0.1, 0.15) is 32.2 Å². The third-order valence-corrected chi connectivity index (χ3v) is 5.09. The van der Waals surface area contributed by atoms with E-state index in [1.54, 1.807) is 6.07 Å². The Morgan fingerprint density at radius 2 is 2.20 bits per heavy atom. The molecule has 9 heteroatoms. The zero-order valence-electron chi connectivity index (χ0n) is 13.2. The molecule has 4 nitrogen and oxygen atoms in total. The SMILES string of the molecule is CSc1ccc(CNC(=O)c2cnc(CCC(F)(F)F)s2)cc1C#N. The number of hydrogen-bond donors (Lipinski definition) is 1. The summed E-state index contributed by atoms with van der Waals surface area (Å²) in [7, 11) is 0. The molecule has 0 spiro atoms. The fraction of sp³-hybridized carbons (Fsp3) is 0.312. The Labute approximate surface area is 151 Å². The van der Waals surface area contributed by atoms with Crippen LogP contribution < -0.4 is 5.32 Å². The number of carbonyl (C=O) groups excluding carboxylic acids is 1. The summed E-state index contributed by atoms with van der Waals surface area (Å²) in [6, 6.07) is 7.43. The predicted octanol–water partition coefficient (Wildman–Crippen LogP) is 4.16.